The molecule has 45 heavy (non-hydrogen) atoms. The SMILES string of the molecule is C/C=S(\c1c(C#N)ccc2ccccc12)N(Cc1ccc(-c2cccc(C(C)(C)C(=O)O)c2)cc1)Cc1ccc(C(F)(F)F)o1. The number of carbonyl (C=O) groups is 1. The summed E-state index contributed by atoms with van der Waals surface area (Å²) in [7, 11) is -0.801. The number of fused-ring (bicyclic) bond motifs is 1. The van der Waals surface area contributed by atoms with Gasteiger partial charge in [-0.2, -0.15) is 18.4 Å². The highest BCUT2D eigenvalue weighted by Crippen LogP contribution is 2.41. The molecular weight excluding hydrogens is 597 g/mol. The Bertz CT molecular complexity index is 1940. The summed E-state index contributed by atoms with van der Waals surface area (Å²) in [6, 6.07) is 31.2. The molecule has 0 amide bonds. The lowest BCUT2D eigenvalue weighted by Gasteiger charge is -2.27. The van der Waals surface area contributed by atoms with Crippen LogP contribution in [0, 0.1) is 11.3 Å². The van der Waals surface area contributed by atoms with Gasteiger partial charge in [0.2, 0.25) is 5.76 Å². The predicted octanol–water partition coefficient (Wildman–Crippen LogP) is 9.42. The average molecular weight is 629 g/mol. The van der Waals surface area contributed by atoms with E-state index in [2.05, 4.69) is 6.07 Å². The molecule has 0 spiro atoms. The predicted molar refractivity (Wildman–Crippen MR) is 172 cm³/mol. The van der Waals surface area contributed by atoms with Crippen LogP contribution in [0.2, 0.25) is 0 Å². The molecule has 0 aliphatic carbocycles. The molecule has 0 radical (unpaired) electrons. The van der Waals surface area contributed by atoms with E-state index in [0.29, 0.717) is 17.7 Å². The number of nitriles is 1. The van der Waals surface area contributed by atoms with Crippen molar-refractivity contribution in [2.75, 3.05) is 0 Å². The highest BCUT2D eigenvalue weighted by molar-refractivity contribution is 8.13. The fourth-order valence-electron chi connectivity index (χ4n) is 5.15. The summed E-state index contributed by atoms with van der Waals surface area (Å²) in [6.45, 7) is 5.65. The number of carboxylic acid groups (broad SMARTS) is 1. The fourth-order valence-corrected chi connectivity index (χ4v) is 7.25. The zero-order valence-electron chi connectivity index (χ0n) is 24.9. The second kappa shape index (κ2) is 12.8. The van der Waals surface area contributed by atoms with Crippen LogP contribution in [0.5, 0.6) is 0 Å². The minimum atomic E-state index is -4.60. The lowest BCUT2D eigenvalue weighted by Crippen LogP contribution is -2.28. The van der Waals surface area contributed by atoms with Crippen molar-refractivity contribution >= 4 is 32.8 Å². The first-order valence-corrected chi connectivity index (χ1v) is 15.5. The molecule has 0 aliphatic rings. The zero-order valence-corrected chi connectivity index (χ0v) is 25.7. The van der Waals surface area contributed by atoms with E-state index in [1.807, 2.05) is 89.4 Å². The Labute approximate surface area is 262 Å². The smallest absolute Gasteiger partial charge is 0.449 e. The first-order chi connectivity index (χ1) is 21.4. The van der Waals surface area contributed by atoms with Crippen molar-refractivity contribution in [3.8, 4) is 17.2 Å². The topological polar surface area (TPSA) is 77.5 Å². The number of aliphatic carboxylic acids is 1. The molecule has 5 aromatic rings. The van der Waals surface area contributed by atoms with Crippen LogP contribution in [0.1, 0.15) is 49.0 Å². The van der Waals surface area contributed by atoms with Gasteiger partial charge in [-0.25, -0.2) is 4.31 Å². The van der Waals surface area contributed by atoms with E-state index in [4.69, 9.17) is 4.42 Å². The van der Waals surface area contributed by atoms with Crippen molar-refractivity contribution < 1.29 is 27.5 Å². The highest BCUT2D eigenvalue weighted by Gasteiger charge is 2.35. The van der Waals surface area contributed by atoms with Gasteiger partial charge in [-0.05, 0) is 77.4 Å². The highest BCUT2D eigenvalue weighted by atomic mass is 32.2. The molecule has 1 atom stereocenters. The van der Waals surface area contributed by atoms with E-state index in [1.54, 1.807) is 26.0 Å². The molecule has 0 fully saturated rings. The van der Waals surface area contributed by atoms with E-state index in [-0.39, 0.29) is 12.3 Å². The number of hydrogen-bond donors (Lipinski definition) is 1. The molecule has 9 heteroatoms. The summed E-state index contributed by atoms with van der Waals surface area (Å²) < 4.78 is 47.4. The molecule has 1 heterocycles. The Morgan fingerprint density at radius 1 is 0.933 bits per heavy atom. The number of benzene rings is 4. The maximum Gasteiger partial charge on any atom is 0.449 e. The standard InChI is InChI=1S/C36H31F3N2O3S/c1-4-45(33-28(21-40)17-16-26-8-5-6-11-31(26)33)41(23-30-18-19-32(44-30)36(37,38)39)22-24-12-14-25(15-13-24)27-9-7-10-29(20-27)35(2,3)34(42)43/h4-20H,22-23H2,1-3H3,(H,42,43). The molecule has 0 bridgehead atoms. The molecule has 1 aromatic heterocycles. The Morgan fingerprint density at radius 2 is 1.67 bits per heavy atom. The van der Waals surface area contributed by atoms with Crippen LogP contribution in [0.15, 0.2) is 106 Å². The largest absolute Gasteiger partial charge is 0.481 e. The number of nitrogens with zero attached hydrogens (tertiary/aromatic N) is 2. The first-order valence-electron chi connectivity index (χ1n) is 14.2. The summed E-state index contributed by atoms with van der Waals surface area (Å²) in [6.07, 6.45) is -4.60. The molecule has 0 saturated heterocycles. The summed E-state index contributed by atoms with van der Waals surface area (Å²) in [5.41, 5.74) is 2.81. The van der Waals surface area contributed by atoms with Crippen LogP contribution in [0.25, 0.3) is 21.9 Å². The maximum atomic E-state index is 13.4. The van der Waals surface area contributed by atoms with Gasteiger partial charge in [0.25, 0.3) is 0 Å². The van der Waals surface area contributed by atoms with Crippen molar-refractivity contribution in [2.24, 2.45) is 0 Å². The van der Waals surface area contributed by atoms with Gasteiger partial charge in [-0.3, -0.25) is 4.79 Å². The molecular formula is C36H31F3N2O3S. The van der Waals surface area contributed by atoms with E-state index in [0.717, 1.165) is 38.4 Å². The molecule has 1 unspecified atom stereocenters. The van der Waals surface area contributed by atoms with Crippen molar-refractivity contribution in [3.05, 3.63) is 125 Å². The summed E-state index contributed by atoms with van der Waals surface area (Å²) >= 11 is 0. The van der Waals surface area contributed by atoms with Gasteiger partial charge in [-0.15, -0.1) is 0 Å². The Morgan fingerprint density at radius 3 is 2.31 bits per heavy atom. The second-order valence-electron chi connectivity index (χ2n) is 11.1. The Kier molecular flexibility index (Phi) is 9.01. The number of furan rings is 1. The second-order valence-corrected chi connectivity index (χ2v) is 13.1. The van der Waals surface area contributed by atoms with Crippen LogP contribution in [0.4, 0.5) is 13.2 Å². The minimum absolute atomic E-state index is 0.0751. The van der Waals surface area contributed by atoms with Crippen LogP contribution in [0.3, 0.4) is 0 Å². The number of carboxylic acids is 1. The van der Waals surface area contributed by atoms with Gasteiger partial charge >= 0.3 is 12.1 Å². The maximum absolute atomic E-state index is 13.4. The van der Waals surface area contributed by atoms with Crippen LogP contribution >= 0.6 is 10.7 Å². The quantitative estimate of drug-likeness (QED) is 0.165. The molecule has 4 aromatic carbocycles. The molecule has 0 saturated carbocycles. The lowest BCUT2D eigenvalue weighted by atomic mass is 9.83. The Hall–Kier alpha value is -4.65. The van der Waals surface area contributed by atoms with Gasteiger partial charge in [0, 0.05) is 11.4 Å². The third-order valence-corrected chi connectivity index (χ3v) is 9.87. The first kappa shape index (κ1) is 31.8. The van der Waals surface area contributed by atoms with Crippen molar-refractivity contribution in [1.82, 2.24) is 4.31 Å². The van der Waals surface area contributed by atoms with Gasteiger partial charge in [0.1, 0.15) is 11.8 Å². The van der Waals surface area contributed by atoms with Crippen LogP contribution in [-0.2, 0) is 29.5 Å². The number of hydrogen-bond acceptors (Lipinski definition) is 4. The summed E-state index contributed by atoms with van der Waals surface area (Å²) in [4.78, 5) is 12.6. The van der Waals surface area contributed by atoms with Crippen molar-refractivity contribution in [1.29, 1.82) is 5.26 Å². The molecule has 5 rings (SSSR count). The van der Waals surface area contributed by atoms with Crippen molar-refractivity contribution in [2.45, 2.75) is 50.3 Å². The van der Waals surface area contributed by atoms with E-state index in [1.165, 1.54) is 6.07 Å². The lowest BCUT2D eigenvalue weighted by molar-refractivity contribution is -0.153. The summed E-state index contributed by atoms with van der Waals surface area (Å²) in [5.74, 6) is -1.81. The third-order valence-electron chi connectivity index (χ3n) is 7.75. The van der Waals surface area contributed by atoms with Crippen molar-refractivity contribution in [3.63, 3.8) is 0 Å². The third kappa shape index (κ3) is 6.72. The minimum Gasteiger partial charge on any atom is -0.481 e. The monoisotopic (exact) mass is 628 g/mol. The fraction of sp³-hybridized carbons (Fsp3) is 0.194. The molecule has 5 nitrogen and oxygen atoms in total. The van der Waals surface area contributed by atoms with E-state index < -0.39 is 34.0 Å². The van der Waals surface area contributed by atoms with Gasteiger partial charge in [0.05, 0.1) is 17.5 Å². The van der Waals surface area contributed by atoms with Gasteiger partial charge in [0.15, 0.2) is 0 Å². The van der Waals surface area contributed by atoms with E-state index in [9.17, 15) is 28.3 Å². The molecule has 230 valence electrons. The summed E-state index contributed by atoms with van der Waals surface area (Å²) in [5, 5.41) is 23.6. The molecule has 1 N–H and O–H groups in total. The number of alkyl halides is 3. The Balaban J connectivity index is 1.53. The number of rotatable bonds is 9. The average Bonchev–Trinajstić information content (AvgIpc) is 3.51. The van der Waals surface area contributed by atoms with Crippen LogP contribution in [-0.4, -0.2) is 20.7 Å². The van der Waals surface area contributed by atoms with Gasteiger partial charge < -0.3 is 9.52 Å². The zero-order chi connectivity index (χ0) is 32.4. The van der Waals surface area contributed by atoms with Gasteiger partial charge in [-0.1, -0.05) is 89.5 Å². The molecule has 0 aliphatic heterocycles. The normalized spacial score (nSPS) is 12.8. The van der Waals surface area contributed by atoms with E-state index >= 15 is 0 Å². The number of halogens is 3. The van der Waals surface area contributed by atoms with Crippen LogP contribution < -0.4 is 0 Å².